The Morgan fingerprint density at radius 2 is 2.19 bits per heavy atom. The molecule has 0 spiro atoms. The molecule has 108 valence electrons. The van der Waals surface area contributed by atoms with E-state index in [1.54, 1.807) is 0 Å². The van der Waals surface area contributed by atoms with Crippen molar-refractivity contribution >= 4 is 15.9 Å². The Hall–Kier alpha value is -1.71. The number of hydrogen-bond donors (Lipinski definition) is 0. The molecule has 1 aliphatic rings. The number of nitriles is 1. The van der Waals surface area contributed by atoms with E-state index >= 15 is 0 Å². The van der Waals surface area contributed by atoms with Gasteiger partial charge in [0.05, 0.1) is 18.7 Å². The zero-order valence-electron chi connectivity index (χ0n) is 11.5. The summed E-state index contributed by atoms with van der Waals surface area (Å²) in [5.74, 6) is 1.32. The van der Waals surface area contributed by atoms with Crippen molar-refractivity contribution in [2.24, 2.45) is 0 Å². The Labute approximate surface area is 131 Å². The highest BCUT2D eigenvalue weighted by molar-refractivity contribution is 9.10. The van der Waals surface area contributed by atoms with Crippen LogP contribution in [0.4, 0.5) is 0 Å². The molecule has 1 aliphatic heterocycles. The van der Waals surface area contributed by atoms with E-state index in [0.717, 1.165) is 29.4 Å². The van der Waals surface area contributed by atoms with Gasteiger partial charge in [-0.05, 0) is 30.5 Å². The molecule has 1 fully saturated rings. The third kappa shape index (κ3) is 3.31. The van der Waals surface area contributed by atoms with Crippen LogP contribution in [0.2, 0.25) is 0 Å². The van der Waals surface area contributed by atoms with Crippen LogP contribution in [0.1, 0.15) is 36.2 Å². The third-order valence-corrected chi connectivity index (χ3v) is 4.21. The van der Waals surface area contributed by atoms with Crippen molar-refractivity contribution in [2.45, 2.75) is 25.3 Å². The number of halogens is 1. The maximum absolute atomic E-state index is 8.85. The molecule has 2 aromatic rings. The van der Waals surface area contributed by atoms with E-state index in [2.05, 4.69) is 37.0 Å². The molecule has 1 aromatic carbocycles. The lowest BCUT2D eigenvalue weighted by Crippen LogP contribution is -2.23. The summed E-state index contributed by atoms with van der Waals surface area (Å²) in [4.78, 5) is 6.60. The van der Waals surface area contributed by atoms with Crippen molar-refractivity contribution < 1.29 is 4.52 Å². The van der Waals surface area contributed by atoms with E-state index in [9.17, 15) is 0 Å². The second-order valence-electron chi connectivity index (χ2n) is 5.14. The smallest absolute Gasteiger partial charge is 0.244 e. The molecule has 0 bridgehead atoms. The molecule has 0 aliphatic carbocycles. The van der Waals surface area contributed by atoms with Gasteiger partial charge in [-0.25, -0.2) is 0 Å². The molecule has 0 saturated carbocycles. The van der Waals surface area contributed by atoms with Crippen LogP contribution in [-0.2, 0) is 6.42 Å². The molecule has 0 amide bonds. The molecule has 1 atom stereocenters. The molecule has 21 heavy (non-hydrogen) atoms. The lowest BCUT2D eigenvalue weighted by molar-refractivity contribution is 0.227. The second-order valence-corrected chi connectivity index (χ2v) is 6.05. The van der Waals surface area contributed by atoms with Crippen LogP contribution >= 0.6 is 15.9 Å². The lowest BCUT2D eigenvalue weighted by atomic mass is 10.1. The second kappa shape index (κ2) is 6.37. The summed E-state index contributed by atoms with van der Waals surface area (Å²) < 4.78 is 6.45. The van der Waals surface area contributed by atoms with Crippen molar-refractivity contribution in [1.29, 1.82) is 5.26 Å². The normalized spacial score (nSPS) is 18.8. The summed E-state index contributed by atoms with van der Waals surface area (Å²) in [6, 6.07) is 10.4. The molecule has 6 heteroatoms. The number of rotatable bonds is 4. The summed E-state index contributed by atoms with van der Waals surface area (Å²) >= 11 is 3.42. The largest absolute Gasteiger partial charge is 0.338 e. The fraction of sp³-hybridized carbons (Fsp3) is 0.400. The van der Waals surface area contributed by atoms with E-state index in [1.165, 1.54) is 0 Å². The van der Waals surface area contributed by atoms with Crippen LogP contribution in [0.3, 0.4) is 0 Å². The zero-order valence-corrected chi connectivity index (χ0v) is 13.1. The van der Waals surface area contributed by atoms with Crippen molar-refractivity contribution in [3.8, 4) is 6.07 Å². The SMILES string of the molecule is N#CCN1CCC[C@@H]1c1nc(Cc2ccc(Br)cc2)no1. The summed E-state index contributed by atoms with van der Waals surface area (Å²) in [5, 5.41) is 12.9. The van der Waals surface area contributed by atoms with Crippen LogP contribution in [0.15, 0.2) is 33.3 Å². The average Bonchev–Trinajstić information content (AvgIpc) is 3.11. The molecule has 0 radical (unpaired) electrons. The standard InChI is InChI=1S/C15H15BrN4O/c16-12-5-3-11(4-6-12)10-14-18-15(21-19-14)13-2-1-8-20(13)9-7-17/h3-6,13H,1-2,8-10H2/t13-/m1/s1. The maximum atomic E-state index is 8.85. The predicted octanol–water partition coefficient (Wildman–Crippen LogP) is 3.08. The zero-order chi connectivity index (χ0) is 14.7. The van der Waals surface area contributed by atoms with Crippen LogP contribution in [0.25, 0.3) is 0 Å². The van der Waals surface area contributed by atoms with Crippen molar-refractivity contribution in [1.82, 2.24) is 15.0 Å². The lowest BCUT2D eigenvalue weighted by Gasteiger charge is -2.17. The number of hydrogen-bond acceptors (Lipinski definition) is 5. The van der Waals surface area contributed by atoms with Gasteiger partial charge < -0.3 is 4.52 Å². The molecular formula is C15H15BrN4O. The average molecular weight is 347 g/mol. The molecular weight excluding hydrogens is 332 g/mol. The topological polar surface area (TPSA) is 66.0 Å². The summed E-state index contributed by atoms with van der Waals surface area (Å²) in [6.07, 6.45) is 2.69. The summed E-state index contributed by atoms with van der Waals surface area (Å²) in [5.41, 5.74) is 1.14. The van der Waals surface area contributed by atoms with Gasteiger partial charge in [0.25, 0.3) is 0 Å². The first-order valence-electron chi connectivity index (χ1n) is 6.94. The van der Waals surface area contributed by atoms with Gasteiger partial charge in [-0.15, -0.1) is 0 Å². The quantitative estimate of drug-likeness (QED) is 0.795. The molecule has 3 rings (SSSR count). The van der Waals surface area contributed by atoms with Gasteiger partial charge in [-0.3, -0.25) is 4.90 Å². The Balaban J connectivity index is 1.71. The Bertz CT molecular complexity index is 646. The Kier molecular flexibility index (Phi) is 4.32. The number of likely N-dealkylation sites (tertiary alicyclic amines) is 1. The van der Waals surface area contributed by atoms with Gasteiger partial charge in [0.15, 0.2) is 5.82 Å². The molecule has 2 heterocycles. The van der Waals surface area contributed by atoms with E-state index in [4.69, 9.17) is 9.78 Å². The summed E-state index contributed by atoms with van der Waals surface area (Å²) in [7, 11) is 0. The van der Waals surface area contributed by atoms with E-state index in [1.807, 2.05) is 24.3 Å². The maximum Gasteiger partial charge on any atom is 0.244 e. The minimum Gasteiger partial charge on any atom is -0.338 e. The highest BCUT2D eigenvalue weighted by atomic mass is 79.9. The first kappa shape index (κ1) is 14.2. The molecule has 0 N–H and O–H groups in total. The molecule has 1 aromatic heterocycles. The van der Waals surface area contributed by atoms with Crippen LogP contribution in [0, 0.1) is 11.3 Å². The van der Waals surface area contributed by atoms with Crippen molar-refractivity contribution in [2.75, 3.05) is 13.1 Å². The Morgan fingerprint density at radius 3 is 2.95 bits per heavy atom. The highest BCUT2D eigenvalue weighted by Crippen LogP contribution is 2.30. The minimum absolute atomic E-state index is 0.0933. The third-order valence-electron chi connectivity index (χ3n) is 3.68. The van der Waals surface area contributed by atoms with Gasteiger partial charge in [0.2, 0.25) is 5.89 Å². The van der Waals surface area contributed by atoms with Gasteiger partial charge >= 0.3 is 0 Å². The van der Waals surface area contributed by atoms with Gasteiger partial charge in [-0.1, -0.05) is 33.2 Å². The fourth-order valence-electron chi connectivity index (χ4n) is 2.65. The number of benzene rings is 1. The van der Waals surface area contributed by atoms with Crippen LogP contribution < -0.4 is 0 Å². The van der Waals surface area contributed by atoms with Gasteiger partial charge in [0, 0.05) is 17.4 Å². The first-order valence-corrected chi connectivity index (χ1v) is 7.73. The predicted molar refractivity (Wildman–Crippen MR) is 80.4 cm³/mol. The monoisotopic (exact) mass is 346 g/mol. The summed E-state index contributed by atoms with van der Waals surface area (Å²) in [6.45, 7) is 1.33. The van der Waals surface area contributed by atoms with E-state index < -0.39 is 0 Å². The van der Waals surface area contributed by atoms with Gasteiger partial charge in [0.1, 0.15) is 0 Å². The highest BCUT2D eigenvalue weighted by Gasteiger charge is 2.30. The fourth-order valence-corrected chi connectivity index (χ4v) is 2.91. The molecule has 1 saturated heterocycles. The van der Waals surface area contributed by atoms with Gasteiger partial charge in [-0.2, -0.15) is 10.2 Å². The van der Waals surface area contributed by atoms with Crippen molar-refractivity contribution in [3.63, 3.8) is 0 Å². The van der Waals surface area contributed by atoms with Crippen LogP contribution in [-0.4, -0.2) is 28.1 Å². The van der Waals surface area contributed by atoms with E-state index in [0.29, 0.717) is 24.7 Å². The minimum atomic E-state index is 0.0933. The number of nitrogens with zero attached hydrogens (tertiary/aromatic N) is 4. The van der Waals surface area contributed by atoms with Crippen LogP contribution in [0.5, 0.6) is 0 Å². The molecule has 0 unspecified atom stereocenters. The van der Waals surface area contributed by atoms with Crippen molar-refractivity contribution in [3.05, 3.63) is 46.0 Å². The first-order chi connectivity index (χ1) is 10.3. The Morgan fingerprint density at radius 1 is 1.38 bits per heavy atom. The number of aromatic nitrogens is 2. The molecule has 5 nitrogen and oxygen atoms in total. The van der Waals surface area contributed by atoms with E-state index in [-0.39, 0.29) is 6.04 Å².